The molecule has 2 aromatic carbocycles. The van der Waals surface area contributed by atoms with E-state index in [9.17, 15) is 9.18 Å². The first-order valence-corrected chi connectivity index (χ1v) is 10.7. The molecule has 5 heteroatoms. The summed E-state index contributed by atoms with van der Waals surface area (Å²) in [5.41, 5.74) is 3.68. The first-order chi connectivity index (χ1) is 14.1. The van der Waals surface area contributed by atoms with Crippen LogP contribution in [0, 0.1) is 12.7 Å². The quantitative estimate of drug-likeness (QED) is 0.765. The van der Waals surface area contributed by atoms with E-state index in [0.29, 0.717) is 12.5 Å². The number of benzene rings is 2. The van der Waals surface area contributed by atoms with Crippen molar-refractivity contribution in [2.45, 2.75) is 32.2 Å². The van der Waals surface area contributed by atoms with Gasteiger partial charge in [-0.2, -0.15) is 0 Å². The maximum absolute atomic E-state index is 13.1. The Labute approximate surface area is 172 Å². The molecule has 2 aliphatic heterocycles. The number of anilines is 1. The number of carbonyl (C=O) groups is 1. The summed E-state index contributed by atoms with van der Waals surface area (Å²) >= 11 is 0. The molecule has 0 radical (unpaired) electrons. The van der Waals surface area contributed by atoms with Crippen molar-refractivity contribution in [3.63, 3.8) is 0 Å². The molecule has 4 nitrogen and oxygen atoms in total. The van der Waals surface area contributed by atoms with Crippen molar-refractivity contribution >= 4 is 11.6 Å². The van der Waals surface area contributed by atoms with Gasteiger partial charge in [-0.05, 0) is 56.1 Å². The molecule has 4 rings (SSSR count). The predicted octanol–water partition coefficient (Wildman–Crippen LogP) is 4.01. The average Bonchev–Trinajstić information content (AvgIpc) is 3.22. The molecule has 1 unspecified atom stereocenters. The molecule has 29 heavy (non-hydrogen) atoms. The minimum absolute atomic E-state index is 0.214. The van der Waals surface area contributed by atoms with Crippen LogP contribution < -0.4 is 4.90 Å². The van der Waals surface area contributed by atoms with Gasteiger partial charge in [-0.25, -0.2) is 4.39 Å². The van der Waals surface area contributed by atoms with E-state index in [0.717, 1.165) is 45.0 Å². The fourth-order valence-corrected chi connectivity index (χ4v) is 4.52. The first kappa shape index (κ1) is 19.9. The summed E-state index contributed by atoms with van der Waals surface area (Å²) in [5, 5.41) is 0. The topological polar surface area (TPSA) is 26.8 Å². The van der Waals surface area contributed by atoms with Crippen molar-refractivity contribution in [2.24, 2.45) is 0 Å². The lowest BCUT2D eigenvalue weighted by Crippen LogP contribution is -2.49. The molecule has 2 heterocycles. The number of carbonyl (C=O) groups excluding carboxylic acids is 1. The van der Waals surface area contributed by atoms with Gasteiger partial charge in [0, 0.05) is 50.9 Å². The second kappa shape index (κ2) is 8.95. The Morgan fingerprint density at radius 1 is 0.966 bits per heavy atom. The number of aryl methyl sites for hydroxylation is 1. The van der Waals surface area contributed by atoms with Gasteiger partial charge in [0.05, 0.1) is 0 Å². The maximum atomic E-state index is 13.1. The predicted molar refractivity (Wildman–Crippen MR) is 115 cm³/mol. The number of hydrogen-bond donors (Lipinski definition) is 0. The van der Waals surface area contributed by atoms with E-state index >= 15 is 0 Å². The zero-order chi connectivity index (χ0) is 20.2. The van der Waals surface area contributed by atoms with Crippen LogP contribution in [0.25, 0.3) is 0 Å². The van der Waals surface area contributed by atoms with E-state index in [2.05, 4.69) is 41.0 Å². The fraction of sp³-hybridized carbons (Fsp3) is 0.458. The number of nitrogens with zero attached hydrogens (tertiary/aromatic N) is 3. The van der Waals surface area contributed by atoms with E-state index in [1.807, 2.05) is 17.0 Å². The molecule has 2 aromatic rings. The zero-order valence-electron chi connectivity index (χ0n) is 17.2. The molecule has 0 aliphatic carbocycles. The van der Waals surface area contributed by atoms with Crippen molar-refractivity contribution in [1.29, 1.82) is 0 Å². The van der Waals surface area contributed by atoms with Crippen LogP contribution in [0.4, 0.5) is 10.1 Å². The number of hydrogen-bond acceptors (Lipinski definition) is 3. The summed E-state index contributed by atoms with van der Waals surface area (Å²) in [6, 6.07) is 15.9. The van der Waals surface area contributed by atoms with Crippen LogP contribution in [-0.4, -0.2) is 55.0 Å². The molecule has 0 spiro atoms. The van der Waals surface area contributed by atoms with Gasteiger partial charge >= 0.3 is 0 Å². The van der Waals surface area contributed by atoms with Crippen LogP contribution in [0.3, 0.4) is 0 Å². The molecule has 2 saturated heterocycles. The Hall–Kier alpha value is -2.40. The minimum Gasteiger partial charge on any atom is -0.368 e. The van der Waals surface area contributed by atoms with Crippen molar-refractivity contribution in [1.82, 2.24) is 9.80 Å². The molecule has 2 fully saturated rings. The SMILES string of the molecule is Cc1ccc(C2CCCN2CCC(=O)N2CCN(c3ccc(F)cc3)CC2)cc1. The molecular weight excluding hydrogens is 365 g/mol. The van der Waals surface area contributed by atoms with Crippen LogP contribution in [0.5, 0.6) is 0 Å². The summed E-state index contributed by atoms with van der Waals surface area (Å²) in [4.78, 5) is 19.4. The molecule has 1 atom stereocenters. The largest absolute Gasteiger partial charge is 0.368 e. The van der Waals surface area contributed by atoms with Crippen molar-refractivity contribution in [2.75, 3.05) is 44.2 Å². The summed E-state index contributed by atoms with van der Waals surface area (Å²) in [6.45, 7) is 7.08. The molecule has 0 saturated carbocycles. The Morgan fingerprint density at radius 3 is 2.34 bits per heavy atom. The van der Waals surface area contributed by atoms with Gasteiger partial charge in [-0.15, -0.1) is 0 Å². The number of rotatable bonds is 5. The summed E-state index contributed by atoms with van der Waals surface area (Å²) in [5.74, 6) is 0.0340. The minimum atomic E-state index is -0.214. The highest BCUT2D eigenvalue weighted by Crippen LogP contribution is 2.32. The third-order valence-corrected chi connectivity index (χ3v) is 6.26. The zero-order valence-corrected chi connectivity index (χ0v) is 17.2. The van der Waals surface area contributed by atoms with Crippen molar-refractivity contribution < 1.29 is 9.18 Å². The lowest BCUT2D eigenvalue weighted by Gasteiger charge is -2.36. The van der Waals surface area contributed by atoms with Gasteiger partial charge in [-0.1, -0.05) is 29.8 Å². The number of likely N-dealkylation sites (tertiary alicyclic amines) is 1. The molecule has 0 aromatic heterocycles. The number of halogens is 1. The van der Waals surface area contributed by atoms with Gasteiger partial charge in [0.15, 0.2) is 0 Å². The number of amides is 1. The third kappa shape index (κ3) is 4.78. The van der Waals surface area contributed by atoms with Crippen LogP contribution in [0.2, 0.25) is 0 Å². The fourth-order valence-electron chi connectivity index (χ4n) is 4.52. The monoisotopic (exact) mass is 395 g/mol. The van der Waals surface area contributed by atoms with E-state index in [1.54, 1.807) is 0 Å². The highest BCUT2D eigenvalue weighted by Gasteiger charge is 2.27. The lowest BCUT2D eigenvalue weighted by molar-refractivity contribution is -0.131. The van der Waals surface area contributed by atoms with Gasteiger partial charge in [0.2, 0.25) is 5.91 Å². The molecule has 154 valence electrons. The standard InChI is InChI=1S/C24H30FN3O/c1-19-4-6-20(7-5-19)23-3-2-13-27(23)14-12-24(29)28-17-15-26(16-18-28)22-10-8-21(25)9-11-22/h4-11,23H,2-3,12-18H2,1H3. The van der Waals surface area contributed by atoms with E-state index in [-0.39, 0.29) is 11.7 Å². The summed E-state index contributed by atoms with van der Waals surface area (Å²) in [6.07, 6.45) is 2.95. The average molecular weight is 396 g/mol. The smallest absolute Gasteiger partial charge is 0.223 e. The van der Waals surface area contributed by atoms with E-state index in [4.69, 9.17) is 0 Å². The van der Waals surface area contributed by atoms with Gasteiger partial charge in [-0.3, -0.25) is 9.69 Å². The lowest BCUT2D eigenvalue weighted by atomic mass is 10.0. The molecular formula is C24H30FN3O. The summed E-state index contributed by atoms with van der Waals surface area (Å²) in [7, 11) is 0. The van der Waals surface area contributed by atoms with E-state index < -0.39 is 0 Å². The van der Waals surface area contributed by atoms with Crippen molar-refractivity contribution in [3.8, 4) is 0 Å². The van der Waals surface area contributed by atoms with Gasteiger partial charge < -0.3 is 9.80 Å². The normalized spacial score (nSPS) is 20.3. The van der Waals surface area contributed by atoms with Crippen molar-refractivity contribution in [3.05, 3.63) is 65.5 Å². The van der Waals surface area contributed by atoms with Gasteiger partial charge in [0.1, 0.15) is 5.82 Å². The van der Waals surface area contributed by atoms with Crippen LogP contribution in [0.15, 0.2) is 48.5 Å². The second-order valence-electron chi connectivity index (χ2n) is 8.20. The molecule has 0 bridgehead atoms. The Morgan fingerprint density at radius 2 is 1.66 bits per heavy atom. The Bertz CT molecular complexity index is 813. The number of piperazine rings is 1. The highest BCUT2D eigenvalue weighted by atomic mass is 19.1. The third-order valence-electron chi connectivity index (χ3n) is 6.26. The molecule has 0 N–H and O–H groups in total. The van der Waals surface area contributed by atoms with E-state index in [1.165, 1.54) is 36.1 Å². The Balaban J connectivity index is 1.26. The Kier molecular flexibility index (Phi) is 6.14. The van der Waals surface area contributed by atoms with Crippen LogP contribution in [-0.2, 0) is 4.79 Å². The maximum Gasteiger partial charge on any atom is 0.223 e. The molecule has 1 amide bonds. The van der Waals surface area contributed by atoms with Crippen LogP contribution in [0.1, 0.15) is 36.4 Å². The van der Waals surface area contributed by atoms with Gasteiger partial charge in [0.25, 0.3) is 0 Å². The second-order valence-corrected chi connectivity index (χ2v) is 8.20. The first-order valence-electron chi connectivity index (χ1n) is 10.7. The van der Waals surface area contributed by atoms with Crippen LogP contribution >= 0.6 is 0 Å². The molecule has 2 aliphatic rings. The summed E-state index contributed by atoms with van der Waals surface area (Å²) < 4.78 is 13.1. The highest BCUT2D eigenvalue weighted by molar-refractivity contribution is 5.76.